The Bertz CT molecular complexity index is 117. The highest BCUT2D eigenvalue weighted by molar-refractivity contribution is 4.81. The number of hydrogen-bond donors (Lipinski definition) is 2. The van der Waals surface area contributed by atoms with Crippen molar-refractivity contribution < 1.29 is 13.9 Å². The van der Waals surface area contributed by atoms with Crippen LogP contribution in [0.4, 0.5) is 8.78 Å². The van der Waals surface area contributed by atoms with Gasteiger partial charge in [0.2, 0.25) is 0 Å². The summed E-state index contributed by atoms with van der Waals surface area (Å²) >= 11 is 0. The molecule has 1 atom stereocenters. The Morgan fingerprint density at radius 1 is 1.36 bits per heavy atom. The van der Waals surface area contributed by atoms with E-state index in [2.05, 4.69) is 5.32 Å². The molecule has 4 heteroatoms. The number of nitrogens with one attached hydrogen (secondary N) is 1. The topological polar surface area (TPSA) is 32.3 Å². The number of hydrogen-bond acceptors (Lipinski definition) is 2. The van der Waals surface area contributed by atoms with Crippen molar-refractivity contribution in [2.24, 2.45) is 5.92 Å². The summed E-state index contributed by atoms with van der Waals surface area (Å²) in [6, 6.07) is 0. The summed E-state index contributed by atoms with van der Waals surface area (Å²) in [7, 11) is 0. The summed E-state index contributed by atoms with van der Waals surface area (Å²) in [4.78, 5) is 0. The zero-order chi connectivity index (χ0) is 8.27. The van der Waals surface area contributed by atoms with Crippen LogP contribution in [0.2, 0.25) is 0 Å². The number of alkyl halides is 2. The van der Waals surface area contributed by atoms with Crippen LogP contribution in [0.15, 0.2) is 0 Å². The third-order valence-corrected chi connectivity index (χ3v) is 1.82. The van der Waals surface area contributed by atoms with Crippen molar-refractivity contribution in [1.82, 2.24) is 5.32 Å². The van der Waals surface area contributed by atoms with Crippen molar-refractivity contribution in [3.8, 4) is 0 Å². The average molecular weight is 165 g/mol. The van der Waals surface area contributed by atoms with E-state index >= 15 is 0 Å². The van der Waals surface area contributed by atoms with Gasteiger partial charge >= 0.3 is 0 Å². The Kier molecular flexibility index (Phi) is 3.20. The largest absolute Gasteiger partial charge is 0.392 e. The molecule has 0 aromatic rings. The molecular weight excluding hydrogens is 152 g/mol. The fourth-order valence-electron chi connectivity index (χ4n) is 0.988. The van der Waals surface area contributed by atoms with Crippen molar-refractivity contribution in [3.05, 3.63) is 0 Å². The number of rotatable bonds is 5. The standard InChI is InChI=1S/C7H13F2NO/c8-7(9)4-10-3-6(11)5-1-2-5/h5-7,10-11H,1-4H2. The first kappa shape index (κ1) is 8.87. The van der Waals surface area contributed by atoms with Gasteiger partial charge in [0.15, 0.2) is 0 Å². The molecule has 2 nitrogen and oxygen atoms in total. The van der Waals surface area contributed by atoms with Crippen LogP contribution in [-0.2, 0) is 0 Å². The highest BCUT2D eigenvalue weighted by Gasteiger charge is 2.29. The lowest BCUT2D eigenvalue weighted by Gasteiger charge is -2.09. The van der Waals surface area contributed by atoms with Gasteiger partial charge in [-0.1, -0.05) is 0 Å². The summed E-state index contributed by atoms with van der Waals surface area (Å²) in [5, 5.41) is 11.7. The average Bonchev–Trinajstić information content (AvgIpc) is 2.66. The Morgan fingerprint density at radius 2 is 2.00 bits per heavy atom. The van der Waals surface area contributed by atoms with Gasteiger partial charge in [0.05, 0.1) is 12.6 Å². The molecule has 0 amide bonds. The quantitative estimate of drug-likeness (QED) is 0.625. The monoisotopic (exact) mass is 165 g/mol. The number of aliphatic hydroxyl groups excluding tert-OH is 1. The molecule has 1 aliphatic rings. The van der Waals surface area contributed by atoms with Crippen LogP contribution in [0.1, 0.15) is 12.8 Å². The highest BCUT2D eigenvalue weighted by Crippen LogP contribution is 2.32. The van der Waals surface area contributed by atoms with Crippen LogP contribution < -0.4 is 5.32 Å². The van der Waals surface area contributed by atoms with E-state index < -0.39 is 12.5 Å². The lowest BCUT2D eigenvalue weighted by Crippen LogP contribution is -2.31. The van der Waals surface area contributed by atoms with Crippen molar-refractivity contribution in [2.75, 3.05) is 13.1 Å². The predicted octanol–water partition coefficient (Wildman–Crippen LogP) is 0.612. The maximum Gasteiger partial charge on any atom is 0.250 e. The van der Waals surface area contributed by atoms with Gasteiger partial charge in [0.25, 0.3) is 6.43 Å². The second-order valence-electron chi connectivity index (χ2n) is 2.95. The number of halogens is 2. The molecule has 1 rings (SSSR count). The zero-order valence-corrected chi connectivity index (χ0v) is 6.26. The van der Waals surface area contributed by atoms with Crippen LogP contribution in [0.25, 0.3) is 0 Å². The van der Waals surface area contributed by atoms with Crippen LogP contribution in [0, 0.1) is 5.92 Å². The molecule has 0 radical (unpaired) electrons. The SMILES string of the molecule is OC(CNCC(F)F)C1CC1. The second kappa shape index (κ2) is 3.97. The number of aliphatic hydroxyl groups is 1. The van der Waals surface area contributed by atoms with E-state index in [4.69, 9.17) is 0 Å². The van der Waals surface area contributed by atoms with Crippen LogP contribution in [-0.4, -0.2) is 30.7 Å². The molecule has 1 saturated carbocycles. The third-order valence-electron chi connectivity index (χ3n) is 1.82. The summed E-state index contributed by atoms with van der Waals surface area (Å²) in [5.41, 5.74) is 0. The minimum Gasteiger partial charge on any atom is -0.392 e. The van der Waals surface area contributed by atoms with Gasteiger partial charge in [-0.25, -0.2) is 8.78 Å². The summed E-state index contributed by atoms with van der Waals surface area (Å²) in [5.74, 6) is 0.361. The third kappa shape index (κ3) is 3.62. The van der Waals surface area contributed by atoms with Gasteiger partial charge in [-0.15, -0.1) is 0 Å². The summed E-state index contributed by atoms with van der Waals surface area (Å²) < 4.78 is 23.1. The lowest BCUT2D eigenvalue weighted by atomic mass is 10.2. The lowest BCUT2D eigenvalue weighted by molar-refractivity contribution is 0.120. The van der Waals surface area contributed by atoms with E-state index in [1.165, 1.54) is 0 Å². The van der Waals surface area contributed by atoms with Crippen molar-refractivity contribution >= 4 is 0 Å². The Hall–Kier alpha value is -0.220. The first-order valence-corrected chi connectivity index (χ1v) is 3.87. The van der Waals surface area contributed by atoms with E-state index in [9.17, 15) is 13.9 Å². The van der Waals surface area contributed by atoms with Gasteiger partial charge in [0.1, 0.15) is 0 Å². The molecular formula is C7H13F2NO. The van der Waals surface area contributed by atoms with E-state index in [0.29, 0.717) is 12.5 Å². The van der Waals surface area contributed by atoms with Crippen molar-refractivity contribution in [3.63, 3.8) is 0 Å². The molecule has 0 aromatic heterocycles. The van der Waals surface area contributed by atoms with Gasteiger partial charge in [-0.2, -0.15) is 0 Å². The van der Waals surface area contributed by atoms with E-state index in [1.807, 2.05) is 0 Å². The molecule has 0 aromatic carbocycles. The first-order chi connectivity index (χ1) is 5.20. The summed E-state index contributed by atoms with van der Waals surface area (Å²) in [6.45, 7) is -0.0151. The van der Waals surface area contributed by atoms with E-state index in [1.54, 1.807) is 0 Å². The molecule has 66 valence electrons. The fraction of sp³-hybridized carbons (Fsp3) is 1.00. The molecule has 11 heavy (non-hydrogen) atoms. The van der Waals surface area contributed by atoms with Gasteiger partial charge in [-0.05, 0) is 18.8 Å². The minimum atomic E-state index is -2.32. The van der Waals surface area contributed by atoms with E-state index in [0.717, 1.165) is 12.8 Å². The molecule has 1 unspecified atom stereocenters. The molecule has 0 bridgehead atoms. The van der Waals surface area contributed by atoms with Crippen molar-refractivity contribution in [2.45, 2.75) is 25.4 Å². The molecule has 0 aliphatic heterocycles. The minimum absolute atomic E-state index is 0.301. The van der Waals surface area contributed by atoms with Gasteiger partial charge in [-0.3, -0.25) is 0 Å². The Labute approximate surface area is 64.6 Å². The van der Waals surface area contributed by atoms with Gasteiger partial charge < -0.3 is 10.4 Å². The molecule has 0 heterocycles. The Morgan fingerprint density at radius 3 is 2.45 bits per heavy atom. The first-order valence-electron chi connectivity index (χ1n) is 3.87. The second-order valence-corrected chi connectivity index (χ2v) is 2.95. The van der Waals surface area contributed by atoms with Crippen LogP contribution in [0.3, 0.4) is 0 Å². The smallest absolute Gasteiger partial charge is 0.250 e. The fourth-order valence-corrected chi connectivity index (χ4v) is 0.988. The van der Waals surface area contributed by atoms with Crippen LogP contribution in [0.5, 0.6) is 0 Å². The molecule has 0 saturated heterocycles. The normalized spacial score (nSPS) is 20.7. The molecule has 2 N–H and O–H groups in total. The van der Waals surface area contributed by atoms with Gasteiger partial charge in [0, 0.05) is 6.54 Å². The van der Waals surface area contributed by atoms with E-state index in [-0.39, 0.29) is 6.54 Å². The maximum atomic E-state index is 11.6. The molecule has 1 fully saturated rings. The summed E-state index contributed by atoms with van der Waals surface area (Å²) in [6.07, 6.45) is -0.662. The molecule has 0 spiro atoms. The Balaban J connectivity index is 1.93. The maximum absolute atomic E-state index is 11.6. The van der Waals surface area contributed by atoms with Crippen molar-refractivity contribution in [1.29, 1.82) is 0 Å². The predicted molar refractivity (Wildman–Crippen MR) is 37.6 cm³/mol. The zero-order valence-electron chi connectivity index (χ0n) is 6.26. The molecule has 1 aliphatic carbocycles. The van der Waals surface area contributed by atoms with Crippen LogP contribution >= 0.6 is 0 Å². The highest BCUT2D eigenvalue weighted by atomic mass is 19.3.